The molecule has 0 saturated heterocycles. The lowest BCUT2D eigenvalue weighted by molar-refractivity contribution is 0.0713. The first kappa shape index (κ1) is 16.9. The summed E-state index contributed by atoms with van der Waals surface area (Å²) < 4.78 is 19.4. The van der Waals surface area contributed by atoms with E-state index in [9.17, 15) is 9.18 Å². The third-order valence-corrected chi connectivity index (χ3v) is 3.48. The van der Waals surface area contributed by atoms with Crippen molar-refractivity contribution in [2.75, 3.05) is 6.54 Å². The number of amides is 1. The molecule has 23 heavy (non-hydrogen) atoms. The Hall–Kier alpha value is -2.50. The first-order chi connectivity index (χ1) is 10.9. The molecule has 0 fully saturated rings. The van der Waals surface area contributed by atoms with Gasteiger partial charge >= 0.3 is 0 Å². The molecule has 0 aliphatic heterocycles. The Balaban J connectivity index is 2.42. The number of carbonyl (C=O) groups is 1. The molecule has 1 amide bonds. The molecule has 0 aliphatic carbocycles. The lowest BCUT2D eigenvalue weighted by Gasteiger charge is -2.26. The number of hydrogen-bond acceptors (Lipinski definition) is 4. The maximum absolute atomic E-state index is 13.6. The monoisotopic (exact) mass is 317 g/mol. The fourth-order valence-corrected chi connectivity index (χ4v) is 2.25. The SMILES string of the molecule is CCN(C(=O)c1cc(F)ccc1Oc1cncnc1C)C(C)C. The zero-order valence-corrected chi connectivity index (χ0v) is 13.7. The molecule has 0 spiro atoms. The van der Waals surface area contributed by atoms with Gasteiger partial charge < -0.3 is 9.64 Å². The zero-order valence-electron chi connectivity index (χ0n) is 13.7. The average molecular weight is 317 g/mol. The van der Waals surface area contributed by atoms with Crippen LogP contribution in [0.15, 0.2) is 30.7 Å². The second-order valence-corrected chi connectivity index (χ2v) is 5.40. The Morgan fingerprint density at radius 3 is 2.70 bits per heavy atom. The van der Waals surface area contributed by atoms with Crippen LogP contribution < -0.4 is 4.74 Å². The number of benzene rings is 1. The van der Waals surface area contributed by atoms with Gasteiger partial charge in [0.1, 0.15) is 17.9 Å². The molecule has 0 aliphatic rings. The fraction of sp³-hybridized carbons (Fsp3) is 0.353. The van der Waals surface area contributed by atoms with E-state index in [0.29, 0.717) is 18.0 Å². The number of halogens is 1. The maximum atomic E-state index is 13.6. The van der Waals surface area contributed by atoms with Crippen molar-refractivity contribution in [1.82, 2.24) is 14.9 Å². The fourth-order valence-electron chi connectivity index (χ4n) is 2.25. The minimum absolute atomic E-state index is 0.00501. The second-order valence-electron chi connectivity index (χ2n) is 5.40. The Bertz CT molecular complexity index is 704. The van der Waals surface area contributed by atoms with Crippen molar-refractivity contribution in [2.24, 2.45) is 0 Å². The quantitative estimate of drug-likeness (QED) is 0.845. The predicted octanol–water partition coefficient (Wildman–Crippen LogP) is 3.59. The Morgan fingerprint density at radius 1 is 1.35 bits per heavy atom. The van der Waals surface area contributed by atoms with Crippen molar-refractivity contribution >= 4 is 5.91 Å². The van der Waals surface area contributed by atoms with E-state index in [-0.39, 0.29) is 23.3 Å². The molecule has 1 heterocycles. The first-order valence-electron chi connectivity index (χ1n) is 7.49. The van der Waals surface area contributed by atoms with E-state index in [1.165, 1.54) is 30.7 Å². The molecular weight excluding hydrogens is 297 g/mol. The Kier molecular flexibility index (Phi) is 5.26. The summed E-state index contributed by atoms with van der Waals surface area (Å²) in [7, 11) is 0. The summed E-state index contributed by atoms with van der Waals surface area (Å²) in [6, 6.07) is 3.91. The number of carbonyl (C=O) groups excluding carboxylic acids is 1. The number of aromatic nitrogens is 2. The molecular formula is C17H20FN3O2. The summed E-state index contributed by atoms with van der Waals surface area (Å²) >= 11 is 0. The molecule has 122 valence electrons. The standard InChI is InChI=1S/C17H20FN3O2/c1-5-21(11(2)3)17(22)14-8-13(18)6-7-15(14)23-16-9-19-10-20-12(16)4/h6-11H,5H2,1-4H3. The van der Waals surface area contributed by atoms with Gasteiger partial charge in [-0.3, -0.25) is 4.79 Å². The minimum Gasteiger partial charge on any atom is -0.453 e. The molecule has 0 bridgehead atoms. The summed E-state index contributed by atoms with van der Waals surface area (Å²) in [5, 5.41) is 0. The molecule has 5 nitrogen and oxygen atoms in total. The van der Waals surface area contributed by atoms with Crippen molar-refractivity contribution in [3.05, 3.63) is 47.8 Å². The van der Waals surface area contributed by atoms with E-state index in [0.717, 1.165) is 0 Å². The Labute approximate surface area is 135 Å². The van der Waals surface area contributed by atoms with Gasteiger partial charge in [0.15, 0.2) is 5.75 Å². The van der Waals surface area contributed by atoms with E-state index >= 15 is 0 Å². The third-order valence-electron chi connectivity index (χ3n) is 3.48. The van der Waals surface area contributed by atoms with Crippen molar-refractivity contribution in [2.45, 2.75) is 33.7 Å². The molecule has 1 aromatic carbocycles. The number of hydrogen-bond donors (Lipinski definition) is 0. The van der Waals surface area contributed by atoms with Gasteiger partial charge in [-0.2, -0.15) is 0 Å². The summed E-state index contributed by atoms with van der Waals surface area (Å²) in [5.74, 6) is -0.0396. The van der Waals surface area contributed by atoms with Crippen LogP contribution in [0, 0.1) is 12.7 Å². The summed E-state index contributed by atoms with van der Waals surface area (Å²) in [6.07, 6.45) is 2.93. The van der Waals surface area contributed by atoms with Gasteiger partial charge in [-0.25, -0.2) is 14.4 Å². The topological polar surface area (TPSA) is 55.3 Å². The molecule has 0 radical (unpaired) electrons. The summed E-state index contributed by atoms with van der Waals surface area (Å²) in [5.41, 5.74) is 0.822. The molecule has 2 aromatic rings. The predicted molar refractivity (Wildman–Crippen MR) is 85.1 cm³/mol. The van der Waals surface area contributed by atoms with Crippen LogP contribution in [0.2, 0.25) is 0 Å². The number of nitrogens with zero attached hydrogens (tertiary/aromatic N) is 3. The molecule has 1 aromatic heterocycles. The highest BCUT2D eigenvalue weighted by Gasteiger charge is 2.22. The number of aryl methyl sites for hydroxylation is 1. The highest BCUT2D eigenvalue weighted by Crippen LogP contribution is 2.28. The second kappa shape index (κ2) is 7.17. The lowest BCUT2D eigenvalue weighted by Crippen LogP contribution is -2.36. The molecule has 0 atom stereocenters. The van der Waals surface area contributed by atoms with Crippen molar-refractivity contribution in [3.8, 4) is 11.5 Å². The van der Waals surface area contributed by atoms with E-state index in [1.807, 2.05) is 20.8 Å². The third kappa shape index (κ3) is 3.83. The van der Waals surface area contributed by atoms with E-state index in [4.69, 9.17) is 4.74 Å². The molecule has 0 N–H and O–H groups in total. The highest BCUT2D eigenvalue weighted by molar-refractivity contribution is 5.97. The number of rotatable bonds is 5. The van der Waals surface area contributed by atoms with Crippen LogP contribution >= 0.6 is 0 Å². The van der Waals surface area contributed by atoms with Gasteiger partial charge in [0.2, 0.25) is 0 Å². The van der Waals surface area contributed by atoms with Crippen LogP contribution in [0.4, 0.5) is 4.39 Å². The van der Waals surface area contributed by atoms with Gasteiger partial charge in [0, 0.05) is 12.6 Å². The van der Waals surface area contributed by atoms with Crippen LogP contribution in [-0.2, 0) is 0 Å². The van der Waals surface area contributed by atoms with E-state index < -0.39 is 5.82 Å². The number of ether oxygens (including phenoxy) is 1. The molecule has 6 heteroatoms. The maximum Gasteiger partial charge on any atom is 0.257 e. The van der Waals surface area contributed by atoms with Crippen molar-refractivity contribution < 1.29 is 13.9 Å². The van der Waals surface area contributed by atoms with Crippen LogP contribution in [0.3, 0.4) is 0 Å². The minimum atomic E-state index is -0.485. The smallest absolute Gasteiger partial charge is 0.257 e. The van der Waals surface area contributed by atoms with Gasteiger partial charge in [0.25, 0.3) is 5.91 Å². The molecule has 0 saturated carbocycles. The summed E-state index contributed by atoms with van der Waals surface area (Å²) in [6.45, 7) is 8.01. The highest BCUT2D eigenvalue weighted by atomic mass is 19.1. The summed E-state index contributed by atoms with van der Waals surface area (Å²) in [4.78, 5) is 22.3. The van der Waals surface area contributed by atoms with Gasteiger partial charge in [-0.15, -0.1) is 0 Å². The largest absolute Gasteiger partial charge is 0.453 e. The zero-order chi connectivity index (χ0) is 17.0. The van der Waals surface area contributed by atoms with E-state index in [2.05, 4.69) is 9.97 Å². The van der Waals surface area contributed by atoms with Gasteiger partial charge in [0.05, 0.1) is 17.5 Å². The van der Waals surface area contributed by atoms with Gasteiger partial charge in [-0.05, 0) is 45.9 Å². The van der Waals surface area contributed by atoms with Crippen LogP contribution in [0.5, 0.6) is 11.5 Å². The molecule has 2 rings (SSSR count). The van der Waals surface area contributed by atoms with Crippen molar-refractivity contribution in [1.29, 1.82) is 0 Å². The first-order valence-corrected chi connectivity index (χ1v) is 7.49. The van der Waals surface area contributed by atoms with E-state index in [1.54, 1.807) is 11.8 Å². The average Bonchev–Trinajstić information content (AvgIpc) is 2.51. The molecule has 0 unspecified atom stereocenters. The lowest BCUT2D eigenvalue weighted by atomic mass is 10.1. The van der Waals surface area contributed by atoms with Gasteiger partial charge in [-0.1, -0.05) is 0 Å². The van der Waals surface area contributed by atoms with Crippen LogP contribution in [-0.4, -0.2) is 33.4 Å². The van der Waals surface area contributed by atoms with Crippen LogP contribution in [0.25, 0.3) is 0 Å². The Morgan fingerprint density at radius 2 is 2.09 bits per heavy atom. The van der Waals surface area contributed by atoms with Crippen LogP contribution in [0.1, 0.15) is 36.8 Å². The van der Waals surface area contributed by atoms with Crippen molar-refractivity contribution in [3.63, 3.8) is 0 Å². The normalized spacial score (nSPS) is 10.7.